The number of rotatable bonds is 6. The normalized spacial score (nSPS) is 12.3. The molecule has 0 aromatic carbocycles. The molecule has 0 saturated carbocycles. The number of hydrogen-bond acceptors (Lipinski definition) is 2. The van der Waals surface area contributed by atoms with Crippen molar-refractivity contribution < 1.29 is 4.43 Å². The smallest absolute Gasteiger partial charge is 0.146 e. The van der Waals surface area contributed by atoms with Gasteiger partial charge in [-0.15, -0.1) is 0 Å². The zero-order valence-electron chi connectivity index (χ0n) is 8.02. The molecule has 0 aromatic heterocycles. The summed E-state index contributed by atoms with van der Waals surface area (Å²) in [4.78, 5) is 0. The average Bonchev–Trinajstić information content (AvgIpc) is 2.08. The van der Waals surface area contributed by atoms with Gasteiger partial charge in [-0.1, -0.05) is 13.8 Å². The Morgan fingerprint density at radius 1 is 1.36 bits per heavy atom. The van der Waals surface area contributed by atoms with Crippen LogP contribution in [0.3, 0.4) is 0 Å². The van der Waals surface area contributed by atoms with E-state index in [1.807, 2.05) is 0 Å². The van der Waals surface area contributed by atoms with Crippen LogP contribution < -0.4 is 5.73 Å². The minimum atomic E-state index is 0.158. The topological polar surface area (TPSA) is 35.2 Å². The van der Waals surface area contributed by atoms with Crippen LogP contribution in [-0.2, 0) is 4.43 Å². The van der Waals surface area contributed by atoms with Crippen molar-refractivity contribution in [2.45, 2.75) is 45.1 Å². The summed E-state index contributed by atoms with van der Waals surface area (Å²) in [5.41, 5.74) is 5.61. The molecule has 0 aliphatic rings. The third-order valence-corrected chi connectivity index (χ3v) is 3.42. The molecular formula is C8H21NOSi. The van der Waals surface area contributed by atoms with Crippen LogP contribution >= 0.6 is 0 Å². The Bertz CT molecular complexity index is 85.8. The fourth-order valence-electron chi connectivity index (χ4n) is 1.42. The van der Waals surface area contributed by atoms with Crippen LogP contribution in [0.5, 0.6) is 0 Å². The number of nitrogens with two attached hydrogens (primary N) is 1. The fourth-order valence-corrected chi connectivity index (χ4v) is 2.20. The van der Waals surface area contributed by atoms with Gasteiger partial charge in [-0.3, -0.25) is 0 Å². The summed E-state index contributed by atoms with van der Waals surface area (Å²) < 4.78 is 5.62. The summed E-state index contributed by atoms with van der Waals surface area (Å²) in [5.74, 6) is 0. The molecule has 0 rings (SSSR count). The predicted molar refractivity (Wildman–Crippen MR) is 52.6 cm³/mol. The van der Waals surface area contributed by atoms with Gasteiger partial charge in [0.15, 0.2) is 0 Å². The van der Waals surface area contributed by atoms with Gasteiger partial charge in [-0.2, -0.15) is 0 Å². The molecule has 0 atom stereocenters. The summed E-state index contributed by atoms with van der Waals surface area (Å²) >= 11 is 0. The van der Waals surface area contributed by atoms with E-state index in [0.29, 0.717) is 0 Å². The summed E-state index contributed by atoms with van der Waals surface area (Å²) in [6.07, 6.45) is 4.45. The van der Waals surface area contributed by atoms with E-state index in [9.17, 15) is 0 Å². The van der Waals surface area contributed by atoms with E-state index in [1.54, 1.807) is 0 Å². The lowest BCUT2D eigenvalue weighted by atomic mass is 9.92. The van der Waals surface area contributed by atoms with E-state index >= 15 is 0 Å². The van der Waals surface area contributed by atoms with Crippen molar-refractivity contribution >= 4 is 10.5 Å². The number of hydrogen-bond donors (Lipinski definition) is 1. The SMILES string of the molecule is CCC(CC)(CCCN)O[SiH3]. The average molecular weight is 175 g/mol. The molecule has 0 amide bonds. The van der Waals surface area contributed by atoms with Crippen molar-refractivity contribution in [1.29, 1.82) is 0 Å². The lowest BCUT2D eigenvalue weighted by Gasteiger charge is -2.30. The second-order valence-electron chi connectivity index (χ2n) is 2.99. The molecule has 0 fully saturated rings. The van der Waals surface area contributed by atoms with E-state index in [-0.39, 0.29) is 5.60 Å². The highest BCUT2D eigenvalue weighted by Gasteiger charge is 2.23. The molecule has 0 aliphatic carbocycles. The second kappa shape index (κ2) is 5.74. The standard InChI is InChI=1S/C8H21NOSi/c1-3-8(4-2,10-11)6-5-7-9/h3-7,9H2,1-2,11H3. The van der Waals surface area contributed by atoms with Crippen molar-refractivity contribution in [2.75, 3.05) is 6.54 Å². The van der Waals surface area contributed by atoms with Crippen LogP contribution in [0.1, 0.15) is 39.5 Å². The highest BCUT2D eigenvalue weighted by molar-refractivity contribution is 5.98. The minimum Gasteiger partial charge on any atom is -0.422 e. The first-order valence-corrected chi connectivity index (χ1v) is 5.31. The van der Waals surface area contributed by atoms with Gasteiger partial charge in [0.1, 0.15) is 10.5 Å². The molecule has 3 heteroatoms. The monoisotopic (exact) mass is 175 g/mol. The van der Waals surface area contributed by atoms with Gasteiger partial charge in [0, 0.05) is 0 Å². The first-order valence-electron chi connectivity index (χ1n) is 4.50. The fraction of sp³-hybridized carbons (Fsp3) is 1.00. The highest BCUT2D eigenvalue weighted by atomic mass is 28.2. The molecular weight excluding hydrogens is 154 g/mol. The van der Waals surface area contributed by atoms with Gasteiger partial charge in [0.05, 0.1) is 5.60 Å². The summed E-state index contributed by atoms with van der Waals surface area (Å²) in [7, 11) is 0.841. The molecule has 68 valence electrons. The van der Waals surface area contributed by atoms with Gasteiger partial charge in [-0.05, 0) is 32.2 Å². The molecule has 0 saturated heterocycles. The van der Waals surface area contributed by atoms with Crippen molar-refractivity contribution in [3.8, 4) is 0 Å². The van der Waals surface area contributed by atoms with Crippen molar-refractivity contribution in [3.05, 3.63) is 0 Å². The maximum absolute atomic E-state index is 5.62. The Kier molecular flexibility index (Phi) is 5.82. The first-order chi connectivity index (χ1) is 5.24. The van der Waals surface area contributed by atoms with E-state index in [4.69, 9.17) is 10.2 Å². The van der Waals surface area contributed by atoms with Crippen LogP contribution in [0.15, 0.2) is 0 Å². The first kappa shape index (κ1) is 11.1. The molecule has 2 nitrogen and oxygen atoms in total. The Morgan fingerprint density at radius 2 is 1.91 bits per heavy atom. The lowest BCUT2D eigenvalue weighted by Crippen LogP contribution is -2.30. The Balaban J connectivity index is 3.84. The van der Waals surface area contributed by atoms with E-state index in [2.05, 4.69) is 13.8 Å². The van der Waals surface area contributed by atoms with Crippen molar-refractivity contribution in [1.82, 2.24) is 0 Å². The molecule has 0 aliphatic heterocycles. The lowest BCUT2D eigenvalue weighted by molar-refractivity contribution is 0.0598. The largest absolute Gasteiger partial charge is 0.422 e. The van der Waals surface area contributed by atoms with Crippen molar-refractivity contribution in [2.24, 2.45) is 5.73 Å². The zero-order valence-corrected chi connectivity index (χ0v) is 10.0. The minimum absolute atomic E-state index is 0.158. The molecule has 0 bridgehead atoms. The maximum Gasteiger partial charge on any atom is 0.146 e. The molecule has 11 heavy (non-hydrogen) atoms. The van der Waals surface area contributed by atoms with Gasteiger partial charge in [0.25, 0.3) is 0 Å². The van der Waals surface area contributed by atoms with Gasteiger partial charge < -0.3 is 10.2 Å². The molecule has 0 radical (unpaired) electrons. The van der Waals surface area contributed by atoms with E-state index < -0.39 is 0 Å². The van der Waals surface area contributed by atoms with Crippen molar-refractivity contribution in [3.63, 3.8) is 0 Å². The molecule has 0 spiro atoms. The zero-order chi connectivity index (χ0) is 8.74. The summed E-state index contributed by atoms with van der Waals surface area (Å²) in [6.45, 7) is 5.17. The Labute approximate surface area is 73.0 Å². The predicted octanol–water partition coefficient (Wildman–Crippen LogP) is 0.581. The van der Waals surface area contributed by atoms with Gasteiger partial charge in [-0.25, -0.2) is 0 Å². The second-order valence-corrected chi connectivity index (χ2v) is 3.39. The molecule has 2 N–H and O–H groups in total. The maximum atomic E-state index is 5.62. The van der Waals surface area contributed by atoms with Gasteiger partial charge in [0.2, 0.25) is 0 Å². The third-order valence-electron chi connectivity index (χ3n) is 2.56. The van der Waals surface area contributed by atoms with Crippen LogP contribution in [0.2, 0.25) is 0 Å². The van der Waals surface area contributed by atoms with E-state index in [0.717, 1.165) is 42.7 Å². The molecule has 0 aromatic rings. The van der Waals surface area contributed by atoms with Crippen LogP contribution in [-0.4, -0.2) is 22.6 Å². The van der Waals surface area contributed by atoms with Gasteiger partial charge >= 0.3 is 0 Å². The quantitative estimate of drug-likeness (QED) is 0.599. The summed E-state index contributed by atoms with van der Waals surface area (Å²) in [6, 6.07) is 0. The Morgan fingerprint density at radius 3 is 2.18 bits per heavy atom. The van der Waals surface area contributed by atoms with Crippen LogP contribution in [0, 0.1) is 0 Å². The van der Waals surface area contributed by atoms with E-state index in [1.165, 1.54) is 0 Å². The van der Waals surface area contributed by atoms with Crippen LogP contribution in [0.4, 0.5) is 0 Å². The molecule has 0 unspecified atom stereocenters. The third kappa shape index (κ3) is 3.36. The molecule has 0 heterocycles. The highest BCUT2D eigenvalue weighted by Crippen LogP contribution is 2.24. The van der Waals surface area contributed by atoms with Crippen LogP contribution in [0.25, 0.3) is 0 Å². The summed E-state index contributed by atoms with van der Waals surface area (Å²) in [5, 5.41) is 0. The Hall–Kier alpha value is 0.137.